The minimum absolute atomic E-state index is 0.740. The molecule has 6 nitrogen and oxygen atoms in total. The Morgan fingerprint density at radius 1 is 1.19 bits per heavy atom. The third-order valence-electron chi connectivity index (χ3n) is 4.82. The van der Waals surface area contributed by atoms with Crippen molar-refractivity contribution in [2.45, 2.75) is 38.0 Å². The SMILES string of the molecule is COS(=O)(=O)[O-].Cn1c(C2CCCCC2)cc(-c2ccc(Br)cc2)[n+]1C. The second kappa shape index (κ2) is 9.12. The van der Waals surface area contributed by atoms with Crippen LogP contribution >= 0.6 is 15.9 Å². The third kappa shape index (κ3) is 5.64. The van der Waals surface area contributed by atoms with Crippen LogP contribution in [0.4, 0.5) is 0 Å². The maximum atomic E-state index is 9.22. The summed E-state index contributed by atoms with van der Waals surface area (Å²) in [6, 6.07) is 11.0. The lowest BCUT2D eigenvalue weighted by Gasteiger charge is -2.20. The molecule has 0 bridgehead atoms. The standard InChI is InChI=1S/C17H22BrN2.CH4O4S/c1-19-16(13-6-4-3-5-7-13)12-17(20(19)2)14-8-10-15(18)11-9-14;1-5-6(2,3)4/h8-13H,3-7H2,1-2H3;1H3,(H,2,3,4)/q+1;/p-1. The van der Waals surface area contributed by atoms with Crippen LogP contribution in [-0.4, -0.2) is 24.8 Å². The molecule has 1 aliphatic rings. The minimum atomic E-state index is -4.41. The lowest BCUT2D eigenvalue weighted by atomic mass is 9.86. The van der Waals surface area contributed by atoms with Crippen LogP contribution in [-0.2, 0) is 28.7 Å². The van der Waals surface area contributed by atoms with Crippen LogP contribution in [0, 0.1) is 0 Å². The Balaban J connectivity index is 0.000000352. The van der Waals surface area contributed by atoms with E-state index in [1.807, 2.05) is 0 Å². The maximum Gasteiger partial charge on any atom is 0.238 e. The van der Waals surface area contributed by atoms with E-state index >= 15 is 0 Å². The van der Waals surface area contributed by atoms with Crippen molar-refractivity contribution in [1.29, 1.82) is 0 Å². The zero-order chi connectivity index (χ0) is 19.3. The molecule has 1 fully saturated rings. The molecule has 0 aliphatic heterocycles. The second-order valence-electron chi connectivity index (χ2n) is 6.42. The topological polar surface area (TPSA) is 75.2 Å². The van der Waals surface area contributed by atoms with E-state index in [9.17, 15) is 13.0 Å². The van der Waals surface area contributed by atoms with Crippen molar-refractivity contribution in [2.24, 2.45) is 14.1 Å². The van der Waals surface area contributed by atoms with Gasteiger partial charge >= 0.3 is 0 Å². The molecule has 0 amide bonds. The molecular formula is C18H25BrN2O4S. The number of aromatic nitrogens is 2. The number of rotatable bonds is 3. The van der Waals surface area contributed by atoms with Crippen LogP contribution in [0.25, 0.3) is 11.3 Å². The molecule has 0 radical (unpaired) electrons. The van der Waals surface area contributed by atoms with Gasteiger partial charge in [-0.3, -0.25) is 4.18 Å². The van der Waals surface area contributed by atoms with E-state index in [1.165, 1.54) is 49.1 Å². The van der Waals surface area contributed by atoms with Gasteiger partial charge in [0.15, 0.2) is 7.05 Å². The van der Waals surface area contributed by atoms with Gasteiger partial charge in [0.25, 0.3) is 0 Å². The average molecular weight is 445 g/mol. The highest BCUT2D eigenvalue weighted by Gasteiger charge is 2.25. The summed E-state index contributed by atoms with van der Waals surface area (Å²) >= 11 is 3.51. The van der Waals surface area contributed by atoms with Gasteiger partial charge in [-0.05, 0) is 37.1 Å². The Morgan fingerprint density at radius 3 is 2.23 bits per heavy atom. The fourth-order valence-corrected chi connectivity index (χ4v) is 3.60. The van der Waals surface area contributed by atoms with E-state index in [4.69, 9.17) is 0 Å². The van der Waals surface area contributed by atoms with Crippen molar-refractivity contribution in [3.63, 3.8) is 0 Å². The van der Waals surface area contributed by atoms with Crippen LogP contribution in [0.15, 0.2) is 34.8 Å². The van der Waals surface area contributed by atoms with E-state index in [2.05, 4.69) is 73.9 Å². The first-order chi connectivity index (χ1) is 12.2. The van der Waals surface area contributed by atoms with Crippen molar-refractivity contribution < 1.29 is 21.8 Å². The van der Waals surface area contributed by atoms with E-state index in [-0.39, 0.29) is 0 Å². The third-order valence-corrected chi connectivity index (χ3v) is 5.76. The Kier molecular flexibility index (Phi) is 7.40. The largest absolute Gasteiger partial charge is 0.726 e. The monoisotopic (exact) mass is 444 g/mol. The zero-order valence-electron chi connectivity index (χ0n) is 15.3. The van der Waals surface area contributed by atoms with Gasteiger partial charge in [-0.2, -0.15) is 4.68 Å². The van der Waals surface area contributed by atoms with Crippen molar-refractivity contribution in [2.75, 3.05) is 7.11 Å². The maximum absolute atomic E-state index is 9.22. The minimum Gasteiger partial charge on any atom is -0.726 e. The molecule has 1 saturated carbocycles. The summed E-state index contributed by atoms with van der Waals surface area (Å²) in [6.07, 6.45) is 6.86. The highest BCUT2D eigenvalue weighted by atomic mass is 79.9. The summed E-state index contributed by atoms with van der Waals surface area (Å²) in [5, 5.41) is 0. The Bertz CT molecular complexity index is 826. The first-order valence-corrected chi connectivity index (χ1v) is 10.7. The molecule has 0 saturated heterocycles. The molecule has 1 heterocycles. The van der Waals surface area contributed by atoms with E-state index in [0.29, 0.717) is 0 Å². The Hall–Kier alpha value is -1.22. The first kappa shape index (κ1) is 21.1. The highest BCUT2D eigenvalue weighted by molar-refractivity contribution is 9.10. The van der Waals surface area contributed by atoms with Crippen LogP contribution in [0.1, 0.15) is 43.7 Å². The molecule has 8 heteroatoms. The summed E-state index contributed by atoms with van der Waals surface area (Å²) in [6.45, 7) is 0. The van der Waals surface area contributed by atoms with Crippen molar-refractivity contribution in [1.82, 2.24) is 4.68 Å². The van der Waals surface area contributed by atoms with Crippen molar-refractivity contribution in [3.05, 3.63) is 40.5 Å². The fraction of sp³-hybridized carbons (Fsp3) is 0.500. The summed E-state index contributed by atoms with van der Waals surface area (Å²) in [4.78, 5) is 0. The van der Waals surface area contributed by atoms with Gasteiger partial charge in [0.1, 0.15) is 0 Å². The number of hydrogen-bond acceptors (Lipinski definition) is 4. The predicted octanol–water partition coefficient (Wildman–Crippen LogP) is 3.42. The Labute approximate surface area is 163 Å². The van der Waals surface area contributed by atoms with Gasteiger partial charge in [-0.15, -0.1) is 4.68 Å². The van der Waals surface area contributed by atoms with Gasteiger partial charge < -0.3 is 4.55 Å². The second-order valence-corrected chi connectivity index (χ2v) is 8.48. The number of halogens is 1. The summed E-state index contributed by atoms with van der Waals surface area (Å²) in [5.74, 6) is 0.740. The van der Waals surface area contributed by atoms with Gasteiger partial charge in [-0.1, -0.05) is 35.2 Å². The van der Waals surface area contributed by atoms with Crippen molar-refractivity contribution >= 4 is 26.3 Å². The molecule has 0 atom stereocenters. The lowest BCUT2D eigenvalue weighted by molar-refractivity contribution is -0.741. The van der Waals surface area contributed by atoms with Gasteiger partial charge in [0.05, 0.1) is 19.9 Å². The summed E-state index contributed by atoms with van der Waals surface area (Å²) in [7, 11) is 0.739. The fourth-order valence-electron chi connectivity index (χ4n) is 3.33. The number of hydrogen-bond donors (Lipinski definition) is 0. The van der Waals surface area contributed by atoms with Gasteiger partial charge in [0, 0.05) is 22.0 Å². The normalized spacial score (nSPS) is 15.4. The average Bonchev–Trinajstić information content (AvgIpc) is 2.92. The molecule has 0 N–H and O–H groups in total. The molecule has 1 aromatic heterocycles. The zero-order valence-corrected chi connectivity index (χ0v) is 17.7. The van der Waals surface area contributed by atoms with Crippen LogP contribution in [0.2, 0.25) is 0 Å². The molecule has 1 aromatic carbocycles. The van der Waals surface area contributed by atoms with Gasteiger partial charge in [0.2, 0.25) is 16.1 Å². The molecule has 0 unspecified atom stereocenters. The molecule has 1 aliphatic carbocycles. The highest BCUT2D eigenvalue weighted by Crippen LogP contribution is 2.33. The van der Waals surface area contributed by atoms with Crippen molar-refractivity contribution in [3.8, 4) is 11.3 Å². The first-order valence-electron chi connectivity index (χ1n) is 8.56. The molecule has 0 spiro atoms. The van der Waals surface area contributed by atoms with E-state index < -0.39 is 10.4 Å². The number of nitrogens with zero attached hydrogens (tertiary/aromatic N) is 2. The van der Waals surface area contributed by atoms with E-state index in [0.717, 1.165) is 17.5 Å². The summed E-state index contributed by atoms with van der Waals surface area (Å²) in [5.41, 5.74) is 4.08. The molecule has 144 valence electrons. The Morgan fingerprint density at radius 2 is 1.73 bits per heavy atom. The summed E-state index contributed by atoms with van der Waals surface area (Å²) < 4.78 is 36.8. The van der Waals surface area contributed by atoms with E-state index in [1.54, 1.807) is 0 Å². The molecule has 2 aromatic rings. The van der Waals surface area contributed by atoms with Gasteiger partial charge in [-0.25, -0.2) is 8.42 Å². The quantitative estimate of drug-likeness (QED) is 0.412. The van der Waals surface area contributed by atoms with Crippen LogP contribution in [0.5, 0.6) is 0 Å². The smallest absolute Gasteiger partial charge is 0.238 e. The molecule has 3 rings (SSSR count). The van der Waals surface area contributed by atoms with Crippen LogP contribution in [0.3, 0.4) is 0 Å². The molecule has 26 heavy (non-hydrogen) atoms. The van der Waals surface area contributed by atoms with Crippen LogP contribution < -0.4 is 4.68 Å². The molecular weight excluding hydrogens is 420 g/mol. The number of benzene rings is 1. The predicted molar refractivity (Wildman–Crippen MR) is 102 cm³/mol. The lowest BCUT2D eigenvalue weighted by Crippen LogP contribution is -2.40.